The topological polar surface area (TPSA) is 46.6 Å². The summed E-state index contributed by atoms with van der Waals surface area (Å²) < 4.78 is 33.4. The van der Waals surface area contributed by atoms with E-state index < -0.39 is 10.0 Å². The third kappa shape index (κ3) is 4.86. The van der Waals surface area contributed by atoms with Gasteiger partial charge in [-0.25, -0.2) is 8.42 Å². The number of sulfonamides is 1. The standard InChI is InChI=1S/C24H24ClNO3S/c25-23-8-4-5-9-24(23)29-21-10-12-22(13-11-21)30(27,28)26-16-14-20(15-17-26)18-19-6-2-1-3-7-19/h1-13,20H,14-18H2. The minimum atomic E-state index is -3.50. The Morgan fingerprint density at radius 2 is 1.50 bits per heavy atom. The third-order valence-corrected chi connectivity index (χ3v) is 7.69. The molecular formula is C24H24ClNO3S. The van der Waals surface area contributed by atoms with Crippen LogP contribution in [0.5, 0.6) is 11.5 Å². The van der Waals surface area contributed by atoms with Crippen LogP contribution in [0.15, 0.2) is 83.8 Å². The third-order valence-electron chi connectivity index (χ3n) is 5.47. The molecule has 1 saturated heterocycles. The molecule has 3 aromatic rings. The van der Waals surface area contributed by atoms with Gasteiger partial charge in [0.2, 0.25) is 10.0 Å². The first-order valence-electron chi connectivity index (χ1n) is 10.1. The molecule has 1 heterocycles. The van der Waals surface area contributed by atoms with E-state index in [4.69, 9.17) is 16.3 Å². The van der Waals surface area contributed by atoms with Crippen molar-refractivity contribution in [3.05, 3.63) is 89.4 Å². The Balaban J connectivity index is 1.38. The summed E-state index contributed by atoms with van der Waals surface area (Å²) >= 11 is 6.11. The van der Waals surface area contributed by atoms with E-state index in [0.29, 0.717) is 35.5 Å². The van der Waals surface area contributed by atoms with Gasteiger partial charge in [0.25, 0.3) is 0 Å². The minimum absolute atomic E-state index is 0.288. The average Bonchev–Trinajstić information content (AvgIpc) is 2.77. The maximum Gasteiger partial charge on any atom is 0.243 e. The van der Waals surface area contributed by atoms with Gasteiger partial charge in [-0.2, -0.15) is 4.31 Å². The van der Waals surface area contributed by atoms with Crippen molar-refractivity contribution in [1.29, 1.82) is 0 Å². The van der Waals surface area contributed by atoms with Gasteiger partial charge < -0.3 is 4.74 Å². The monoisotopic (exact) mass is 441 g/mol. The smallest absolute Gasteiger partial charge is 0.243 e. The lowest BCUT2D eigenvalue weighted by Crippen LogP contribution is -2.38. The van der Waals surface area contributed by atoms with Crippen LogP contribution >= 0.6 is 11.6 Å². The van der Waals surface area contributed by atoms with Crippen LogP contribution in [0.4, 0.5) is 0 Å². The summed E-state index contributed by atoms with van der Waals surface area (Å²) in [5, 5.41) is 0.507. The van der Waals surface area contributed by atoms with E-state index >= 15 is 0 Å². The Morgan fingerprint density at radius 1 is 0.867 bits per heavy atom. The summed E-state index contributed by atoms with van der Waals surface area (Å²) in [5.41, 5.74) is 1.31. The predicted molar refractivity (Wildman–Crippen MR) is 120 cm³/mol. The second-order valence-corrected chi connectivity index (χ2v) is 9.89. The van der Waals surface area contributed by atoms with Crippen LogP contribution in [-0.2, 0) is 16.4 Å². The van der Waals surface area contributed by atoms with E-state index in [1.165, 1.54) is 5.56 Å². The van der Waals surface area contributed by atoms with Gasteiger partial charge in [0.1, 0.15) is 11.5 Å². The molecule has 1 fully saturated rings. The Bertz CT molecular complexity index is 1080. The van der Waals surface area contributed by atoms with Crippen LogP contribution in [0.2, 0.25) is 5.02 Å². The number of para-hydroxylation sites is 1. The van der Waals surface area contributed by atoms with Crippen LogP contribution in [0.1, 0.15) is 18.4 Å². The first-order valence-corrected chi connectivity index (χ1v) is 11.9. The molecule has 4 rings (SSSR count). The molecule has 1 aliphatic heterocycles. The lowest BCUT2D eigenvalue weighted by Gasteiger charge is -2.31. The molecule has 4 nitrogen and oxygen atoms in total. The molecule has 0 atom stereocenters. The number of nitrogens with zero attached hydrogens (tertiary/aromatic N) is 1. The van der Waals surface area contributed by atoms with Crippen molar-refractivity contribution in [2.45, 2.75) is 24.2 Å². The highest BCUT2D eigenvalue weighted by molar-refractivity contribution is 7.89. The summed E-state index contributed by atoms with van der Waals surface area (Å²) in [4.78, 5) is 0.288. The van der Waals surface area contributed by atoms with Crippen molar-refractivity contribution in [3.63, 3.8) is 0 Å². The summed E-state index contributed by atoms with van der Waals surface area (Å²) in [7, 11) is -3.50. The largest absolute Gasteiger partial charge is 0.456 e. The van der Waals surface area contributed by atoms with Crippen molar-refractivity contribution < 1.29 is 13.2 Å². The number of piperidine rings is 1. The van der Waals surface area contributed by atoms with Crippen LogP contribution in [0.25, 0.3) is 0 Å². The molecule has 0 unspecified atom stereocenters. The molecule has 6 heteroatoms. The molecule has 30 heavy (non-hydrogen) atoms. The van der Waals surface area contributed by atoms with E-state index in [1.54, 1.807) is 40.7 Å². The molecule has 0 bridgehead atoms. The zero-order chi connectivity index (χ0) is 21.0. The van der Waals surface area contributed by atoms with Gasteiger partial charge in [0.15, 0.2) is 0 Å². The van der Waals surface area contributed by atoms with Gasteiger partial charge in [-0.15, -0.1) is 0 Å². The number of hydrogen-bond donors (Lipinski definition) is 0. The predicted octanol–water partition coefficient (Wildman–Crippen LogP) is 5.78. The van der Waals surface area contributed by atoms with Gasteiger partial charge >= 0.3 is 0 Å². The van der Waals surface area contributed by atoms with Crippen molar-refractivity contribution in [1.82, 2.24) is 4.31 Å². The molecule has 0 radical (unpaired) electrons. The van der Waals surface area contributed by atoms with Gasteiger partial charge in [-0.05, 0) is 67.1 Å². The number of ether oxygens (including phenoxy) is 1. The molecular weight excluding hydrogens is 418 g/mol. The zero-order valence-corrected chi connectivity index (χ0v) is 18.1. The highest BCUT2D eigenvalue weighted by Gasteiger charge is 2.29. The van der Waals surface area contributed by atoms with Crippen molar-refractivity contribution >= 4 is 21.6 Å². The van der Waals surface area contributed by atoms with Gasteiger partial charge in [-0.1, -0.05) is 54.1 Å². The van der Waals surface area contributed by atoms with E-state index in [-0.39, 0.29) is 4.90 Å². The molecule has 0 aromatic heterocycles. The lowest BCUT2D eigenvalue weighted by molar-refractivity contribution is 0.273. The molecule has 0 N–H and O–H groups in total. The number of benzene rings is 3. The highest BCUT2D eigenvalue weighted by Crippen LogP contribution is 2.31. The van der Waals surface area contributed by atoms with Crippen molar-refractivity contribution in [2.75, 3.05) is 13.1 Å². The summed E-state index contributed by atoms with van der Waals surface area (Å²) in [6, 6.07) is 24.1. The van der Waals surface area contributed by atoms with Crippen LogP contribution in [-0.4, -0.2) is 25.8 Å². The van der Waals surface area contributed by atoms with Gasteiger partial charge in [0, 0.05) is 13.1 Å². The van der Waals surface area contributed by atoms with Crippen molar-refractivity contribution in [2.24, 2.45) is 5.92 Å². The van der Waals surface area contributed by atoms with Crippen molar-refractivity contribution in [3.8, 4) is 11.5 Å². The number of rotatable bonds is 6. The van der Waals surface area contributed by atoms with E-state index in [2.05, 4.69) is 12.1 Å². The molecule has 3 aromatic carbocycles. The summed E-state index contributed by atoms with van der Waals surface area (Å²) in [6.45, 7) is 1.11. The van der Waals surface area contributed by atoms with Crippen LogP contribution < -0.4 is 4.74 Å². The first-order chi connectivity index (χ1) is 14.5. The van der Waals surface area contributed by atoms with E-state index in [1.807, 2.05) is 30.3 Å². The van der Waals surface area contributed by atoms with Gasteiger partial charge in [0.05, 0.1) is 9.92 Å². The highest BCUT2D eigenvalue weighted by atomic mass is 35.5. The maximum absolute atomic E-state index is 13.0. The molecule has 1 aliphatic rings. The summed E-state index contributed by atoms with van der Waals surface area (Å²) in [5.74, 6) is 1.60. The minimum Gasteiger partial charge on any atom is -0.456 e. The van der Waals surface area contributed by atoms with E-state index in [9.17, 15) is 8.42 Å². The van der Waals surface area contributed by atoms with Crippen LogP contribution in [0.3, 0.4) is 0 Å². The van der Waals surface area contributed by atoms with E-state index in [0.717, 1.165) is 19.3 Å². The average molecular weight is 442 g/mol. The summed E-state index contributed by atoms with van der Waals surface area (Å²) in [6.07, 6.45) is 2.76. The fourth-order valence-electron chi connectivity index (χ4n) is 3.78. The lowest BCUT2D eigenvalue weighted by atomic mass is 9.91. The number of halogens is 1. The quantitative estimate of drug-likeness (QED) is 0.487. The Hall–Kier alpha value is -2.34. The Labute approximate surface area is 183 Å². The Kier molecular flexibility index (Phi) is 6.42. The zero-order valence-electron chi connectivity index (χ0n) is 16.6. The Morgan fingerprint density at radius 3 is 2.17 bits per heavy atom. The normalized spacial score (nSPS) is 15.8. The second-order valence-electron chi connectivity index (χ2n) is 7.54. The maximum atomic E-state index is 13.0. The molecule has 0 saturated carbocycles. The SMILES string of the molecule is O=S(=O)(c1ccc(Oc2ccccc2Cl)cc1)N1CCC(Cc2ccccc2)CC1. The number of hydrogen-bond acceptors (Lipinski definition) is 3. The molecule has 0 spiro atoms. The fourth-order valence-corrected chi connectivity index (χ4v) is 5.43. The van der Waals surface area contributed by atoms with Gasteiger partial charge in [-0.3, -0.25) is 0 Å². The first kappa shape index (κ1) is 20.9. The van der Waals surface area contributed by atoms with Crippen LogP contribution in [0, 0.1) is 5.92 Å². The molecule has 0 amide bonds. The molecule has 0 aliphatic carbocycles. The second kappa shape index (κ2) is 9.21. The fraction of sp³-hybridized carbons (Fsp3) is 0.250. The molecule has 156 valence electrons.